The van der Waals surface area contributed by atoms with Crippen molar-refractivity contribution in [2.45, 2.75) is 76.0 Å². The van der Waals surface area contributed by atoms with Gasteiger partial charge < -0.3 is 14.8 Å². The second-order valence-corrected chi connectivity index (χ2v) is 12.4. The number of carboxylic acids is 1. The molecule has 4 rings (SSSR count). The molecule has 3 aliphatic rings. The minimum absolute atomic E-state index is 0.0580. The Bertz CT molecular complexity index is 1030. The number of nitrogens with zero attached hydrogens (tertiary/aromatic N) is 3. The third-order valence-corrected chi connectivity index (χ3v) is 9.51. The van der Waals surface area contributed by atoms with Crippen molar-refractivity contribution in [1.29, 1.82) is 0 Å². The molecule has 33 heavy (non-hydrogen) atoms. The van der Waals surface area contributed by atoms with Crippen molar-refractivity contribution < 1.29 is 23.2 Å². The zero-order valence-electron chi connectivity index (χ0n) is 19.3. The average molecular weight is 498 g/mol. The van der Waals surface area contributed by atoms with E-state index in [9.17, 15) is 18.3 Å². The summed E-state index contributed by atoms with van der Waals surface area (Å²) < 4.78 is 26.7. The normalized spacial score (nSPS) is 28.5. The molecule has 0 radical (unpaired) electrons. The topological polar surface area (TPSA) is 99.5 Å². The Morgan fingerprint density at radius 3 is 2.58 bits per heavy atom. The van der Waals surface area contributed by atoms with Crippen LogP contribution in [0.25, 0.3) is 0 Å². The highest BCUT2D eigenvalue weighted by atomic mass is 35.5. The van der Waals surface area contributed by atoms with E-state index in [-0.39, 0.29) is 21.4 Å². The first-order valence-electron chi connectivity index (χ1n) is 11.5. The Morgan fingerprint density at radius 2 is 1.97 bits per heavy atom. The first-order valence-corrected chi connectivity index (χ1v) is 13.5. The molecule has 1 saturated carbocycles. The van der Waals surface area contributed by atoms with E-state index in [2.05, 4.69) is 23.7 Å². The average Bonchev–Trinajstić information content (AvgIpc) is 3.37. The Hall–Kier alpha value is -1.68. The third-order valence-electron chi connectivity index (χ3n) is 7.18. The van der Waals surface area contributed by atoms with Gasteiger partial charge in [-0.3, -0.25) is 0 Å². The number of hydroxylamine groups is 2. The molecular formula is C23H32ClN3O5S. The van der Waals surface area contributed by atoms with Gasteiger partial charge in [-0.2, -0.15) is 0 Å². The number of benzene rings is 1. The van der Waals surface area contributed by atoms with E-state index in [0.29, 0.717) is 11.6 Å². The van der Waals surface area contributed by atoms with Gasteiger partial charge in [0.2, 0.25) is 0 Å². The Labute approximate surface area is 200 Å². The molecule has 182 valence electrons. The number of likely N-dealkylation sites (tertiary alicyclic amines) is 1. The molecule has 0 spiro atoms. The van der Waals surface area contributed by atoms with E-state index in [1.54, 1.807) is 25.1 Å². The Kier molecular flexibility index (Phi) is 6.79. The largest absolute Gasteiger partial charge is 0.474 e. The molecule has 0 bridgehead atoms. The molecule has 10 heteroatoms. The molecule has 1 aromatic rings. The Balaban J connectivity index is 1.59. The fraction of sp³-hybridized carbons (Fsp3) is 0.652. The second-order valence-electron chi connectivity index (χ2n) is 10.0. The van der Waals surface area contributed by atoms with Gasteiger partial charge in [-0.05, 0) is 69.2 Å². The number of halogens is 1. The van der Waals surface area contributed by atoms with Crippen LogP contribution in [-0.4, -0.2) is 72.4 Å². The van der Waals surface area contributed by atoms with Crippen molar-refractivity contribution in [1.82, 2.24) is 9.96 Å². The maximum absolute atomic E-state index is 13.3. The maximum atomic E-state index is 13.3. The maximum Gasteiger partial charge on any atom is 0.393 e. The highest BCUT2D eigenvalue weighted by Crippen LogP contribution is 2.43. The molecule has 3 unspecified atom stereocenters. The summed E-state index contributed by atoms with van der Waals surface area (Å²) in [4.78, 5) is 24.1. The molecule has 2 fully saturated rings. The molecule has 3 atom stereocenters. The van der Waals surface area contributed by atoms with E-state index in [1.165, 1.54) is 17.9 Å². The van der Waals surface area contributed by atoms with Crippen molar-refractivity contribution in [2.75, 3.05) is 18.8 Å². The molecule has 1 aliphatic carbocycles. The van der Waals surface area contributed by atoms with Crippen LogP contribution in [0.2, 0.25) is 5.02 Å². The Morgan fingerprint density at radius 1 is 1.27 bits per heavy atom. The zero-order valence-corrected chi connectivity index (χ0v) is 20.9. The summed E-state index contributed by atoms with van der Waals surface area (Å²) in [6.07, 6.45) is 4.17. The fourth-order valence-electron chi connectivity index (χ4n) is 5.62. The monoisotopic (exact) mass is 497 g/mol. The van der Waals surface area contributed by atoms with Crippen LogP contribution in [0.15, 0.2) is 28.1 Å². The molecular weight excluding hydrogens is 466 g/mol. The number of sulfone groups is 1. The van der Waals surface area contributed by atoms with Gasteiger partial charge in [-0.1, -0.05) is 37.6 Å². The van der Waals surface area contributed by atoms with Gasteiger partial charge in [0.25, 0.3) is 0 Å². The standard InChI is InChI=1S/C23H32ClN3O5S/c1-15-7-6-8-17(24)20(15)33(30,31)14-19-25-21(22(28)29)32-27(19)18-10-9-16(13-23(18,2)3)26-11-4-5-12-26/h6-8,16,18-19H,4-5,9-14H2,1-3H3,(H,28,29). The lowest BCUT2D eigenvalue weighted by atomic mass is 9.70. The van der Waals surface area contributed by atoms with Gasteiger partial charge in [0.1, 0.15) is 0 Å². The number of carboxylic acid groups (broad SMARTS) is 1. The van der Waals surface area contributed by atoms with Gasteiger partial charge in [0.05, 0.1) is 21.7 Å². The number of rotatable bonds is 6. The summed E-state index contributed by atoms with van der Waals surface area (Å²) in [5, 5.41) is 11.2. The number of hydrogen-bond donors (Lipinski definition) is 1. The number of hydrogen-bond acceptors (Lipinski definition) is 7. The first-order chi connectivity index (χ1) is 15.5. The van der Waals surface area contributed by atoms with Crippen LogP contribution in [-0.2, 0) is 19.5 Å². The van der Waals surface area contributed by atoms with Crippen molar-refractivity contribution >= 4 is 33.3 Å². The summed E-state index contributed by atoms with van der Waals surface area (Å²) >= 11 is 6.23. The number of carbonyl (C=O) groups is 1. The molecule has 2 heterocycles. The second kappa shape index (κ2) is 9.17. The van der Waals surface area contributed by atoms with Crippen LogP contribution in [0, 0.1) is 12.3 Å². The first kappa shape index (κ1) is 24.4. The lowest BCUT2D eigenvalue weighted by Gasteiger charge is -2.48. The van der Waals surface area contributed by atoms with Crippen molar-refractivity contribution in [2.24, 2.45) is 10.4 Å². The number of aliphatic imine (C=N–C) groups is 1. The van der Waals surface area contributed by atoms with Crippen molar-refractivity contribution in [3.63, 3.8) is 0 Å². The molecule has 0 aromatic heterocycles. The van der Waals surface area contributed by atoms with Gasteiger partial charge >= 0.3 is 11.9 Å². The van der Waals surface area contributed by atoms with E-state index in [0.717, 1.165) is 32.4 Å². The summed E-state index contributed by atoms with van der Waals surface area (Å²) in [6.45, 7) is 8.22. The molecule has 2 aliphatic heterocycles. The quantitative estimate of drug-likeness (QED) is 0.641. The van der Waals surface area contributed by atoms with Crippen LogP contribution in [0.5, 0.6) is 0 Å². The van der Waals surface area contributed by atoms with E-state index in [4.69, 9.17) is 16.4 Å². The van der Waals surface area contributed by atoms with Crippen LogP contribution in [0.4, 0.5) is 0 Å². The molecule has 1 aromatic carbocycles. The predicted molar refractivity (Wildman–Crippen MR) is 126 cm³/mol. The molecule has 8 nitrogen and oxygen atoms in total. The number of aliphatic carboxylic acids is 1. The smallest absolute Gasteiger partial charge is 0.393 e. The van der Waals surface area contributed by atoms with Crippen molar-refractivity contribution in [3.05, 3.63) is 28.8 Å². The van der Waals surface area contributed by atoms with Gasteiger partial charge in [0.15, 0.2) is 16.0 Å². The van der Waals surface area contributed by atoms with E-state index < -0.39 is 33.6 Å². The third kappa shape index (κ3) is 4.92. The van der Waals surface area contributed by atoms with Crippen LogP contribution >= 0.6 is 11.6 Å². The summed E-state index contributed by atoms with van der Waals surface area (Å²) in [5.41, 5.74) is 0.332. The lowest BCUT2D eigenvalue weighted by molar-refractivity contribution is -0.167. The summed E-state index contributed by atoms with van der Waals surface area (Å²) in [6, 6.07) is 5.25. The van der Waals surface area contributed by atoms with Gasteiger partial charge in [-0.15, -0.1) is 5.06 Å². The summed E-state index contributed by atoms with van der Waals surface area (Å²) in [5.74, 6) is -2.18. The van der Waals surface area contributed by atoms with Crippen molar-refractivity contribution in [3.8, 4) is 0 Å². The minimum Gasteiger partial charge on any atom is -0.474 e. The van der Waals surface area contributed by atoms with E-state index in [1.807, 2.05) is 0 Å². The molecule has 0 amide bonds. The number of aryl methyl sites for hydroxylation is 1. The van der Waals surface area contributed by atoms with Crippen LogP contribution < -0.4 is 0 Å². The fourth-order valence-corrected chi connectivity index (χ4v) is 7.90. The van der Waals surface area contributed by atoms with Crippen LogP contribution in [0.3, 0.4) is 0 Å². The highest BCUT2D eigenvalue weighted by Gasteiger charge is 2.49. The highest BCUT2D eigenvalue weighted by molar-refractivity contribution is 7.91. The summed E-state index contributed by atoms with van der Waals surface area (Å²) in [7, 11) is -3.85. The molecule has 1 N–H and O–H groups in total. The predicted octanol–water partition coefficient (Wildman–Crippen LogP) is 3.52. The van der Waals surface area contributed by atoms with Crippen LogP contribution in [0.1, 0.15) is 51.5 Å². The minimum atomic E-state index is -3.85. The van der Waals surface area contributed by atoms with E-state index >= 15 is 0 Å². The van der Waals surface area contributed by atoms with Gasteiger partial charge in [-0.25, -0.2) is 18.2 Å². The van der Waals surface area contributed by atoms with Gasteiger partial charge in [0, 0.05) is 6.04 Å². The zero-order chi connectivity index (χ0) is 24.0. The SMILES string of the molecule is Cc1cccc(Cl)c1S(=O)(=O)CC1N=C(C(=O)O)ON1C1CCC(N2CCCC2)CC1(C)C. The molecule has 1 saturated heterocycles. The lowest BCUT2D eigenvalue weighted by Crippen LogP contribution is -2.55.